The summed E-state index contributed by atoms with van der Waals surface area (Å²) in [6.07, 6.45) is 0. The summed E-state index contributed by atoms with van der Waals surface area (Å²) in [5.74, 6) is -2.21. The molecule has 0 N–H and O–H groups in total. The first-order valence-corrected chi connectivity index (χ1v) is 7.88. The minimum absolute atomic E-state index is 0.109. The minimum atomic E-state index is -1.46. The van der Waals surface area contributed by atoms with Crippen molar-refractivity contribution in [3.8, 4) is 0 Å². The second kappa shape index (κ2) is 7.47. The van der Waals surface area contributed by atoms with Gasteiger partial charge < -0.3 is 4.90 Å². The summed E-state index contributed by atoms with van der Waals surface area (Å²) in [5.41, 5.74) is 0.426. The molecule has 0 radical (unpaired) electrons. The molecule has 0 saturated heterocycles. The van der Waals surface area contributed by atoms with Crippen LogP contribution >= 0.6 is 0 Å². The fraction of sp³-hybridized carbons (Fsp3) is 0.500. The van der Waals surface area contributed by atoms with Crippen molar-refractivity contribution in [2.45, 2.75) is 26.0 Å². The zero-order chi connectivity index (χ0) is 15.3. The third-order valence-corrected chi connectivity index (χ3v) is 4.78. The number of hydrogen-bond donors (Lipinski definition) is 0. The Labute approximate surface area is 120 Å². The number of halogens is 2. The molecule has 0 fully saturated rings. The van der Waals surface area contributed by atoms with E-state index >= 15 is 0 Å². The highest BCUT2D eigenvalue weighted by Crippen LogP contribution is 2.21. The molecule has 1 amide bonds. The quantitative estimate of drug-likeness (QED) is 0.810. The van der Waals surface area contributed by atoms with Crippen molar-refractivity contribution in [1.29, 1.82) is 0 Å². The Hall–Kier alpha value is -1.30. The Morgan fingerprint density at radius 1 is 1.25 bits per heavy atom. The molecule has 0 heterocycles. The number of amides is 1. The van der Waals surface area contributed by atoms with Gasteiger partial charge in [-0.1, -0.05) is 6.07 Å². The van der Waals surface area contributed by atoms with Gasteiger partial charge in [0.25, 0.3) is 0 Å². The summed E-state index contributed by atoms with van der Waals surface area (Å²) in [5, 5.41) is -0.524. The number of carbonyl (C=O) groups is 1. The summed E-state index contributed by atoms with van der Waals surface area (Å²) < 4.78 is 38.1. The van der Waals surface area contributed by atoms with E-state index in [1.54, 1.807) is 11.8 Å². The summed E-state index contributed by atoms with van der Waals surface area (Å²) in [4.78, 5) is 13.5. The standard InChI is InChI=1S/C14H19F2NO2S/c1-4-17(5-2)14(18)9-20(19)10(3)11-6-7-12(15)13(16)8-11/h6-8,10H,4-5,9H2,1-3H3/t10-,20-/m1/s1. The number of nitrogens with zero attached hydrogens (tertiary/aromatic N) is 1. The molecule has 20 heavy (non-hydrogen) atoms. The molecular weight excluding hydrogens is 284 g/mol. The normalized spacial score (nSPS) is 13.8. The summed E-state index contributed by atoms with van der Waals surface area (Å²) in [6.45, 7) is 6.46. The molecule has 6 heteroatoms. The van der Waals surface area contributed by atoms with Crippen LogP contribution in [0.25, 0.3) is 0 Å². The fourth-order valence-electron chi connectivity index (χ4n) is 1.83. The molecule has 0 spiro atoms. The summed E-state index contributed by atoms with van der Waals surface area (Å²) >= 11 is 0. The average Bonchev–Trinajstić information content (AvgIpc) is 2.42. The SMILES string of the molecule is CCN(CC)C(=O)C[S@@](=O)[C@H](C)c1ccc(F)c(F)c1. The summed E-state index contributed by atoms with van der Waals surface area (Å²) in [7, 11) is -1.46. The lowest BCUT2D eigenvalue weighted by atomic mass is 10.1. The highest BCUT2D eigenvalue weighted by Gasteiger charge is 2.20. The van der Waals surface area contributed by atoms with Gasteiger partial charge in [0, 0.05) is 23.9 Å². The molecule has 0 bridgehead atoms. The number of carbonyl (C=O) groups excluding carboxylic acids is 1. The molecule has 1 aromatic rings. The van der Waals surface area contributed by atoms with Crippen LogP contribution in [0.1, 0.15) is 31.6 Å². The molecule has 0 aliphatic heterocycles. The molecule has 0 aliphatic carbocycles. The van der Waals surface area contributed by atoms with Gasteiger partial charge in [0.15, 0.2) is 11.6 Å². The molecule has 1 aromatic carbocycles. The van der Waals surface area contributed by atoms with Gasteiger partial charge in [0.1, 0.15) is 5.75 Å². The Morgan fingerprint density at radius 2 is 1.85 bits per heavy atom. The van der Waals surface area contributed by atoms with E-state index in [1.807, 2.05) is 13.8 Å². The van der Waals surface area contributed by atoms with Crippen molar-refractivity contribution in [2.75, 3.05) is 18.8 Å². The Morgan fingerprint density at radius 3 is 2.35 bits per heavy atom. The lowest BCUT2D eigenvalue weighted by molar-refractivity contribution is -0.128. The van der Waals surface area contributed by atoms with E-state index < -0.39 is 27.7 Å². The van der Waals surface area contributed by atoms with Gasteiger partial charge in [-0.3, -0.25) is 9.00 Å². The zero-order valence-electron chi connectivity index (χ0n) is 11.9. The van der Waals surface area contributed by atoms with Crippen LogP contribution < -0.4 is 0 Å². The third kappa shape index (κ3) is 4.10. The fourth-order valence-corrected chi connectivity index (χ4v) is 2.96. The molecule has 2 atom stereocenters. The minimum Gasteiger partial charge on any atom is -0.342 e. The van der Waals surface area contributed by atoms with Crippen molar-refractivity contribution in [1.82, 2.24) is 4.90 Å². The molecule has 0 aromatic heterocycles. The van der Waals surface area contributed by atoms with Gasteiger partial charge in [-0.05, 0) is 38.5 Å². The van der Waals surface area contributed by atoms with Gasteiger partial charge in [-0.25, -0.2) is 8.78 Å². The maximum absolute atomic E-state index is 13.2. The molecule has 112 valence electrons. The van der Waals surface area contributed by atoms with E-state index in [0.29, 0.717) is 18.7 Å². The van der Waals surface area contributed by atoms with E-state index in [0.717, 1.165) is 12.1 Å². The van der Waals surface area contributed by atoms with Gasteiger partial charge in [0.05, 0.1) is 5.25 Å². The first-order valence-electron chi connectivity index (χ1n) is 6.50. The highest BCUT2D eigenvalue weighted by molar-refractivity contribution is 7.86. The van der Waals surface area contributed by atoms with E-state index in [-0.39, 0.29) is 11.7 Å². The van der Waals surface area contributed by atoms with E-state index in [1.165, 1.54) is 6.07 Å². The Kier molecular flexibility index (Phi) is 6.26. The van der Waals surface area contributed by atoms with Crippen LogP contribution in [0.15, 0.2) is 18.2 Å². The van der Waals surface area contributed by atoms with Crippen LogP contribution in [0.3, 0.4) is 0 Å². The maximum atomic E-state index is 13.2. The topological polar surface area (TPSA) is 37.4 Å². The van der Waals surface area contributed by atoms with Gasteiger partial charge in [0.2, 0.25) is 5.91 Å². The Balaban J connectivity index is 2.76. The van der Waals surface area contributed by atoms with Gasteiger partial charge >= 0.3 is 0 Å². The van der Waals surface area contributed by atoms with Crippen LogP contribution in [0.2, 0.25) is 0 Å². The van der Waals surface area contributed by atoms with Gasteiger partial charge in [-0.2, -0.15) is 0 Å². The molecule has 3 nitrogen and oxygen atoms in total. The molecule has 0 saturated carbocycles. The summed E-state index contributed by atoms with van der Waals surface area (Å²) in [6, 6.07) is 3.42. The number of benzene rings is 1. The highest BCUT2D eigenvalue weighted by atomic mass is 32.2. The van der Waals surface area contributed by atoms with Crippen molar-refractivity contribution in [3.05, 3.63) is 35.4 Å². The van der Waals surface area contributed by atoms with Gasteiger partial charge in [-0.15, -0.1) is 0 Å². The van der Waals surface area contributed by atoms with Crippen LogP contribution in [-0.2, 0) is 15.6 Å². The van der Waals surface area contributed by atoms with Crippen molar-refractivity contribution in [2.24, 2.45) is 0 Å². The predicted octanol–water partition coefficient (Wildman–Crippen LogP) is 2.64. The largest absolute Gasteiger partial charge is 0.342 e. The first-order chi connectivity index (χ1) is 9.40. The van der Waals surface area contributed by atoms with Crippen LogP contribution in [-0.4, -0.2) is 33.9 Å². The number of hydrogen-bond acceptors (Lipinski definition) is 2. The average molecular weight is 303 g/mol. The van der Waals surface area contributed by atoms with E-state index in [2.05, 4.69) is 0 Å². The maximum Gasteiger partial charge on any atom is 0.235 e. The van der Waals surface area contributed by atoms with Crippen molar-refractivity contribution in [3.63, 3.8) is 0 Å². The van der Waals surface area contributed by atoms with Crippen LogP contribution in [0.4, 0.5) is 8.78 Å². The second-order valence-corrected chi connectivity index (χ2v) is 6.16. The lowest BCUT2D eigenvalue weighted by Crippen LogP contribution is -2.34. The second-order valence-electron chi connectivity index (χ2n) is 4.41. The first kappa shape index (κ1) is 16.8. The monoisotopic (exact) mass is 303 g/mol. The van der Waals surface area contributed by atoms with Crippen LogP contribution in [0, 0.1) is 11.6 Å². The van der Waals surface area contributed by atoms with Crippen molar-refractivity contribution < 1.29 is 17.8 Å². The van der Waals surface area contributed by atoms with E-state index in [4.69, 9.17) is 0 Å². The van der Waals surface area contributed by atoms with Crippen LogP contribution in [0.5, 0.6) is 0 Å². The molecule has 0 unspecified atom stereocenters. The number of rotatable bonds is 6. The smallest absolute Gasteiger partial charge is 0.235 e. The predicted molar refractivity (Wildman–Crippen MR) is 75.7 cm³/mol. The lowest BCUT2D eigenvalue weighted by Gasteiger charge is -2.19. The Bertz CT molecular complexity index is 504. The molecule has 0 aliphatic rings. The third-order valence-electron chi connectivity index (χ3n) is 3.19. The van der Waals surface area contributed by atoms with Crippen molar-refractivity contribution >= 4 is 16.7 Å². The molecular formula is C14H19F2NO2S. The zero-order valence-corrected chi connectivity index (χ0v) is 12.7. The molecule has 1 rings (SSSR count). The van der Waals surface area contributed by atoms with E-state index in [9.17, 15) is 17.8 Å².